The van der Waals surface area contributed by atoms with Gasteiger partial charge in [-0.3, -0.25) is 0 Å². The van der Waals surface area contributed by atoms with Crippen LogP contribution in [-0.4, -0.2) is 45.4 Å². The van der Waals surface area contributed by atoms with Gasteiger partial charge >= 0.3 is 98.1 Å². The molecule has 0 radical (unpaired) electrons. The van der Waals surface area contributed by atoms with Gasteiger partial charge in [0.15, 0.2) is 0 Å². The third-order valence-corrected chi connectivity index (χ3v) is 8.94. The Labute approximate surface area is 98.7 Å². The molecule has 4 nitrogen and oxygen atoms in total. The van der Waals surface area contributed by atoms with Gasteiger partial charge < -0.3 is 0 Å². The Balaban J connectivity index is 3.25. The molecule has 1 aliphatic heterocycles. The van der Waals surface area contributed by atoms with Crippen LogP contribution in [0, 0.1) is 0 Å². The maximum atomic E-state index is 11.1. The van der Waals surface area contributed by atoms with E-state index in [2.05, 4.69) is 0 Å². The number of nitrogens with zero attached hydrogens (tertiary/aromatic N) is 1. The Hall–Kier alpha value is 0.270. The van der Waals surface area contributed by atoms with E-state index in [1.165, 1.54) is 0 Å². The summed E-state index contributed by atoms with van der Waals surface area (Å²) < 4.78 is 7.83. The third kappa shape index (κ3) is 1.81. The molecule has 1 fully saturated rings. The zero-order chi connectivity index (χ0) is 12.9. The molecule has 1 saturated heterocycles. The Kier molecular flexibility index (Phi) is 3.25. The van der Waals surface area contributed by atoms with Crippen molar-refractivity contribution >= 4 is 7.21 Å². The van der Waals surface area contributed by atoms with Crippen LogP contribution in [0.25, 0.3) is 0 Å². The summed E-state index contributed by atoms with van der Waals surface area (Å²) in [5.74, 6) is 0. The van der Waals surface area contributed by atoms with E-state index in [0.717, 1.165) is 0 Å². The van der Waals surface area contributed by atoms with Crippen LogP contribution in [0.3, 0.4) is 0 Å². The number of hydrogen-bond donors (Lipinski definition) is 2. The molecule has 0 aromatic rings. The first-order valence-electron chi connectivity index (χ1n) is 5.93. The van der Waals surface area contributed by atoms with Crippen molar-refractivity contribution in [2.24, 2.45) is 0 Å². The molecule has 1 aliphatic rings. The first-order chi connectivity index (χ1) is 6.98. The molecule has 0 saturated carbocycles. The van der Waals surface area contributed by atoms with Crippen LogP contribution in [0.15, 0.2) is 0 Å². The Morgan fingerprint density at radius 1 is 1.25 bits per heavy atom. The van der Waals surface area contributed by atoms with Gasteiger partial charge in [-0.15, -0.1) is 0 Å². The summed E-state index contributed by atoms with van der Waals surface area (Å²) in [5.41, 5.74) is -0.479. The summed E-state index contributed by atoms with van der Waals surface area (Å²) in [5, 5.41) is 9.42. The molecule has 2 N–H and O–H groups in total. The summed E-state index contributed by atoms with van der Waals surface area (Å²) >= 11 is 0. The summed E-state index contributed by atoms with van der Waals surface area (Å²) in [6.45, 7) is 12.5. The van der Waals surface area contributed by atoms with E-state index in [1.807, 2.05) is 32.4 Å². The van der Waals surface area contributed by atoms with Crippen LogP contribution in [0.5, 0.6) is 0 Å². The van der Waals surface area contributed by atoms with E-state index in [9.17, 15) is 10.00 Å². The second-order valence-electron chi connectivity index (χ2n) is 5.73. The van der Waals surface area contributed by atoms with Gasteiger partial charge in [0.05, 0.1) is 0 Å². The van der Waals surface area contributed by atoms with Crippen molar-refractivity contribution in [1.82, 2.24) is 4.67 Å². The van der Waals surface area contributed by atoms with Crippen molar-refractivity contribution in [2.45, 2.75) is 52.0 Å². The van der Waals surface area contributed by atoms with E-state index >= 15 is 0 Å². The van der Waals surface area contributed by atoms with Gasteiger partial charge in [-0.2, -0.15) is 0 Å². The number of aliphatic hydroxyl groups is 1. The molecule has 98 valence electrons. The van der Waals surface area contributed by atoms with Crippen molar-refractivity contribution in [3.05, 3.63) is 0 Å². The Bertz CT molecular complexity index is 285. The maximum absolute atomic E-state index is 11.1. The predicted octanol–water partition coefficient (Wildman–Crippen LogP) is 2.16. The van der Waals surface area contributed by atoms with Crippen LogP contribution in [0.1, 0.15) is 41.0 Å². The van der Waals surface area contributed by atoms with Crippen LogP contribution in [-0.2, 0) is 4.52 Å². The topological polar surface area (TPSA) is 52.9 Å². The molecular weight excluding hydrogens is 225 g/mol. The summed E-state index contributed by atoms with van der Waals surface area (Å²) in [6.07, 6.45) is 0.460. The van der Waals surface area contributed by atoms with Gasteiger partial charge in [-0.05, 0) is 0 Å². The monoisotopic (exact) mass is 251 g/mol. The summed E-state index contributed by atoms with van der Waals surface area (Å²) in [6, 6.07) is 0. The fraction of sp³-hybridized carbons (Fsp3) is 1.00. The second kappa shape index (κ2) is 3.63. The van der Waals surface area contributed by atoms with Crippen LogP contribution < -0.4 is 0 Å². The standard InChI is InChI=1S/C11H26NO3P/c1-7-12(8-2)16(6,14)11(5,13)9-10(3,4)15-16/h13-14H,7-9H2,1-6H3/t11-/m0/s1. The fourth-order valence-electron chi connectivity index (χ4n) is 2.96. The molecule has 0 aliphatic carbocycles. The first kappa shape index (κ1) is 14.3. The zero-order valence-corrected chi connectivity index (χ0v) is 12.2. The van der Waals surface area contributed by atoms with Gasteiger partial charge in [0.1, 0.15) is 0 Å². The van der Waals surface area contributed by atoms with Gasteiger partial charge in [-0.25, -0.2) is 0 Å². The Morgan fingerprint density at radius 2 is 1.69 bits per heavy atom. The molecule has 16 heavy (non-hydrogen) atoms. The van der Waals surface area contributed by atoms with E-state index in [-0.39, 0.29) is 0 Å². The fourth-order valence-corrected chi connectivity index (χ4v) is 7.21. The number of rotatable bonds is 3. The van der Waals surface area contributed by atoms with E-state index < -0.39 is 18.2 Å². The number of hydrogen-bond acceptors (Lipinski definition) is 4. The average molecular weight is 251 g/mol. The average Bonchev–Trinajstić information content (AvgIpc) is 2.13. The van der Waals surface area contributed by atoms with Crippen LogP contribution >= 0.6 is 7.21 Å². The summed E-state index contributed by atoms with van der Waals surface area (Å²) in [7, 11) is -3.67. The molecular formula is C11H26NO3P. The molecule has 0 aromatic heterocycles. The quantitative estimate of drug-likeness (QED) is 0.755. The van der Waals surface area contributed by atoms with Crippen molar-refractivity contribution in [1.29, 1.82) is 0 Å². The van der Waals surface area contributed by atoms with Gasteiger partial charge in [0, 0.05) is 0 Å². The molecule has 0 amide bonds. The third-order valence-electron chi connectivity index (χ3n) is 3.73. The van der Waals surface area contributed by atoms with Crippen molar-refractivity contribution in [3.63, 3.8) is 0 Å². The van der Waals surface area contributed by atoms with Crippen molar-refractivity contribution in [2.75, 3.05) is 19.8 Å². The van der Waals surface area contributed by atoms with Gasteiger partial charge in [0.2, 0.25) is 0 Å². The molecule has 0 aromatic carbocycles. The van der Waals surface area contributed by atoms with E-state index in [0.29, 0.717) is 19.5 Å². The minimum atomic E-state index is -3.67. The molecule has 1 rings (SSSR count). The minimum absolute atomic E-state index is 0.460. The van der Waals surface area contributed by atoms with Crippen LogP contribution in [0.2, 0.25) is 0 Å². The molecule has 1 heterocycles. The van der Waals surface area contributed by atoms with E-state index in [4.69, 9.17) is 4.52 Å². The van der Waals surface area contributed by atoms with Gasteiger partial charge in [-0.1, -0.05) is 0 Å². The SMILES string of the molecule is CCN(CC)P1(C)(O)OC(C)(C)C[C@@]1(C)O. The first-order valence-corrected chi connectivity index (χ1v) is 8.44. The molecule has 0 spiro atoms. The molecule has 5 heteroatoms. The summed E-state index contributed by atoms with van der Waals surface area (Å²) in [4.78, 5) is 11.1. The molecule has 1 atom stereocenters. The van der Waals surface area contributed by atoms with Crippen molar-refractivity contribution in [3.8, 4) is 0 Å². The van der Waals surface area contributed by atoms with Crippen molar-refractivity contribution < 1.29 is 14.5 Å². The normalized spacial score (nSPS) is 38.2. The molecule has 0 bridgehead atoms. The second-order valence-corrected chi connectivity index (χ2v) is 10.1. The van der Waals surface area contributed by atoms with Gasteiger partial charge in [0.25, 0.3) is 0 Å². The van der Waals surface area contributed by atoms with E-state index in [1.54, 1.807) is 13.6 Å². The Morgan fingerprint density at radius 3 is 1.94 bits per heavy atom. The molecule has 0 unspecified atom stereocenters. The zero-order valence-electron chi connectivity index (χ0n) is 11.3. The predicted molar refractivity (Wildman–Crippen MR) is 68.4 cm³/mol. The van der Waals surface area contributed by atoms with Crippen LogP contribution in [0.4, 0.5) is 0 Å².